The van der Waals surface area contributed by atoms with Crippen molar-refractivity contribution >= 4 is 17.4 Å². The minimum atomic E-state index is -0.653. The fourth-order valence-electron chi connectivity index (χ4n) is 3.40. The summed E-state index contributed by atoms with van der Waals surface area (Å²) < 4.78 is 5.56. The third-order valence-corrected chi connectivity index (χ3v) is 4.70. The summed E-state index contributed by atoms with van der Waals surface area (Å²) in [5.41, 5.74) is 1.45. The molecule has 28 heavy (non-hydrogen) atoms. The Hall–Kier alpha value is -2.92. The van der Waals surface area contributed by atoms with Crippen molar-refractivity contribution in [1.82, 2.24) is 4.90 Å². The summed E-state index contributed by atoms with van der Waals surface area (Å²) in [6.07, 6.45) is 0.721. The second kappa shape index (κ2) is 8.85. The van der Waals surface area contributed by atoms with E-state index in [-0.39, 0.29) is 17.4 Å². The van der Waals surface area contributed by atoms with Gasteiger partial charge >= 0.3 is 0 Å². The smallest absolute Gasteiger partial charge is 0.295 e. The van der Waals surface area contributed by atoms with Crippen LogP contribution < -0.4 is 0 Å². The molecule has 1 amide bonds. The topological polar surface area (TPSA) is 66.8 Å². The Morgan fingerprint density at radius 1 is 1.04 bits per heavy atom. The fourth-order valence-corrected chi connectivity index (χ4v) is 3.40. The summed E-state index contributed by atoms with van der Waals surface area (Å²) >= 11 is 0. The minimum Gasteiger partial charge on any atom is -0.507 e. The first-order valence-electron chi connectivity index (χ1n) is 9.51. The summed E-state index contributed by atoms with van der Waals surface area (Å²) in [6, 6.07) is 17.6. The van der Waals surface area contributed by atoms with Gasteiger partial charge in [0.1, 0.15) is 5.76 Å². The van der Waals surface area contributed by atoms with E-state index in [0.717, 1.165) is 5.56 Å². The maximum absolute atomic E-state index is 12.8. The molecule has 3 rings (SSSR count). The van der Waals surface area contributed by atoms with Crippen molar-refractivity contribution in [3.63, 3.8) is 0 Å². The Labute approximate surface area is 165 Å². The van der Waals surface area contributed by atoms with Crippen LogP contribution in [0, 0.1) is 0 Å². The molecule has 0 aromatic heterocycles. The first-order valence-corrected chi connectivity index (χ1v) is 9.51. The molecule has 5 nitrogen and oxygen atoms in total. The number of benzene rings is 2. The average molecular weight is 379 g/mol. The molecule has 146 valence electrons. The van der Waals surface area contributed by atoms with Crippen molar-refractivity contribution in [2.45, 2.75) is 32.4 Å². The van der Waals surface area contributed by atoms with Gasteiger partial charge in [-0.2, -0.15) is 0 Å². The standard InChI is InChI=1S/C23H25NO4/c1-16(2)28-15-9-14-24-20(17-10-5-3-6-11-17)19(22(26)23(24)27)21(25)18-12-7-4-8-13-18/h3-8,10-13,16,20,25H,9,14-15H2,1-2H3/t20-/m1/s1. The van der Waals surface area contributed by atoms with Crippen LogP contribution in [-0.4, -0.2) is 41.0 Å². The number of carbonyl (C=O) groups excluding carboxylic acids is 2. The highest BCUT2D eigenvalue weighted by molar-refractivity contribution is 6.46. The number of amides is 1. The molecule has 2 aromatic rings. The number of aliphatic hydroxyl groups excluding tert-OH is 1. The molecule has 2 aromatic carbocycles. The summed E-state index contributed by atoms with van der Waals surface area (Å²) in [5.74, 6) is -1.38. The number of hydrogen-bond donors (Lipinski definition) is 1. The van der Waals surface area contributed by atoms with Crippen LogP contribution >= 0.6 is 0 Å². The molecule has 0 spiro atoms. The SMILES string of the molecule is CC(C)OCCCN1C(=O)C(=O)C(=C(O)c2ccccc2)[C@H]1c1ccccc1. The van der Waals surface area contributed by atoms with Gasteiger partial charge in [-0.25, -0.2) is 0 Å². The molecule has 1 aliphatic rings. The molecule has 1 saturated heterocycles. The Bertz CT molecular complexity index is 859. The lowest BCUT2D eigenvalue weighted by molar-refractivity contribution is -0.140. The molecule has 1 heterocycles. The summed E-state index contributed by atoms with van der Waals surface area (Å²) in [7, 11) is 0. The van der Waals surface area contributed by atoms with Crippen LogP contribution in [0.25, 0.3) is 5.76 Å². The van der Waals surface area contributed by atoms with E-state index in [9.17, 15) is 14.7 Å². The Kier molecular flexibility index (Phi) is 6.26. The third-order valence-electron chi connectivity index (χ3n) is 4.70. The minimum absolute atomic E-state index is 0.110. The predicted molar refractivity (Wildman–Crippen MR) is 108 cm³/mol. The maximum atomic E-state index is 12.8. The summed E-state index contributed by atoms with van der Waals surface area (Å²) in [5, 5.41) is 10.9. The number of ether oxygens (including phenoxy) is 1. The number of likely N-dealkylation sites (tertiary alicyclic amines) is 1. The average Bonchev–Trinajstić information content (AvgIpc) is 2.96. The lowest BCUT2D eigenvalue weighted by atomic mass is 9.95. The fraction of sp³-hybridized carbons (Fsp3) is 0.304. The van der Waals surface area contributed by atoms with Crippen LogP contribution in [0.1, 0.15) is 37.4 Å². The van der Waals surface area contributed by atoms with E-state index >= 15 is 0 Å². The van der Waals surface area contributed by atoms with Crippen molar-refractivity contribution in [3.05, 3.63) is 77.4 Å². The zero-order valence-electron chi connectivity index (χ0n) is 16.2. The highest BCUT2D eigenvalue weighted by Crippen LogP contribution is 2.39. The highest BCUT2D eigenvalue weighted by Gasteiger charge is 2.45. The molecule has 1 atom stereocenters. The number of ketones is 1. The lowest BCUT2D eigenvalue weighted by Crippen LogP contribution is -2.31. The van der Waals surface area contributed by atoms with Crippen LogP contribution in [0.2, 0.25) is 0 Å². The monoisotopic (exact) mass is 379 g/mol. The lowest BCUT2D eigenvalue weighted by Gasteiger charge is -2.25. The molecule has 0 saturated carbocycles. The molecule has 0 unspecified atom stereocenters. The van der Waals surface area contributed by atoms with E-state index in [1.54, 1.807) is 24.3 Å². The van der Waals surface area contributed by atoms with Gasteiger partial charge in [0.2, 0.25) is 0 Å². The van der Waals surface area contributed by atoms with E-state index in [1.807, 2.05) is 50.2 Å². The van der Waals surface area contributed by atoms with Gasteiger partial charge in [-0.05, 0) is 25.8 Å². The van der Waals surface area contributed by atoms with Gasteiger partial charge in [0.25, 0.3) is 11.7 Å². The van der Waals surface area contributed by atoms with E-state index < -0.39 is 17.7 Å². The number of rotatable bonds is 7. The van der Waals surface area contributed by atoms with Gasteiger partial charge < -0.3 is 14.7 Å². The molecule has 0 aliphatic carbocycles. The van der Waals surface area contributed by atoms with Gasteiger partial charge in [0, 0.05) is 18.7 Å². The molecular formula is C23H25NO4. The second-order valence-corrected chi connectivity index (χ2v) is 7.04. The zero-order chi connectivity index (χ0) is 20.1. The summed E-state index contributed by atoms with van der Waals surface area (Å²) in [4.78, 5) is 27.1. The Balaban J connectivity index is 1.99. The van der Waals surface area contributed by atoms with E-state index in [2.05, 4.69) is 0 Å². The number of nitrogens with zero attached hydrogens (tertiary/aromatic N) is 1. The molecule has 1 aliphatic heterocycles. The molecule has 0 radical (unpaired) electrons. The van der Waals surface area contributed by atoms with Crippen molar-refractivity contribution in [2.24, 2.45) is 0 Å². The molecule has 1 N–H and O–H groups in total. The van der Waals surface area contributed by atoms with Crippen molar-refractivity contribution in [2.75, 3.05) is 13.2 Å². The largest absolute Gasteiger partial charge is 0.507 e. The Morgan fingerprint density at radius 2 is 1.64 bits per heavy atom. The van der Waals surface area contributed by atoms with Gasteiger partial charge in [0.15, 0.2) is 0 Å². The van der Waals surface area contributed by atoms with Crippen molar-refractivity contribution in [3.8, 4) is 0 Å². The number of aliphatic hydroxyl groups is 1. The highest BCUT2D eigenvalue weighted by atomic mass is 16.5. The van der Waals surface area contributed by atoms with Crippen LogP contribution in [-0.2, 0) is 14.3 Å². The van der Waals surface area contributed by atoms with Gasteiger partial charge in [-0.3, -0.25) is 9.59 Å². The Morgan fingerprint density at radius 3 is 2.25 bits per heavy atom. The quantitative estimate of drug-likeness (QED) is 0.343. The number of carbonyl (C=O) groups is 2. The van der Waals surface area contributed by atoms with Gasteiger partial charge in [0.05, 0.1) is 17.7 Å². The van der Waals surface area contributed by atoms with Crippen molar-refractivity contribution in [1.29, 1.82) is 0 Å². The predicted octanol–water partition coefficient (Wildman–Crippen LogP) is 3.92. The molecular weight excluding hydrogens is 354 g/mol. The normalized spacial score (nSPS) is 18.8. The first-order chi connectivity index (χ1) is 13.5. The zero-order valence-corrected chi connectivity index (χ0v) is 16.2. The van der Waals surface area contributed by atoms with Crippen LogP contribution in [0.4, 0.5) is 0 Å². The first kappa shape index (κ1) is 19.8. The van der Waals surface area contributed by atoms with Crippen LogP contribution in [0.15, 0.2) is 66.2 Å². The van der Waals surface area contributed by atoms with Crippen LogP contribution in [0.5, 0.6) is 0 Å². The van der Waals surface area contributed by atoms with Crippen LogP contribution in [0.3, 0.4) is 0 Å². The number of Topliss-reactive ketones (excluding diaryl/α,β-unsaturated/α-hetero) is 1. The third kappa shape index (κ3) is 4.15. The summed E-state index contributed by atoms with van der Waals surface area (Å²) in [6.45, 7) is 4.79. The molecule has 5 heteroatoms. The molecule has 1 fully saturated rings. The molecule has 0 bridgehead atoms. The van der Waals surface area contributed by atoms with Crippen molar-refractivity contribution < 1.29 is 19.4 Å². The second-order valence-electron chi connectivity index (χ2n) is 7.04. The van der Waals surface area contributed by atoms with E-state index in [0.29, 0.717) is 25.1 Å². The van der Waals surface area contributed by atoms with Gasteiger partial charge in [-0.15, -0.1) is 0 Å². The van der Waals surface area contributed by atoms with E-state index in [1.165, 1.54) is 4.90 Å². The maximum Gasteiger partial charge on any atom is 0.295 e. The number of hydrogen-bond acceptors (Lipinski definition) is 4. The van der Waals surface area contributed by atoms with Gasteiger partial charge in [-0.1, -0.05) is 60.7 Å². The van der Waals surface area contributed by atoms with E-state index in [4.69, 9.17) is 4.74 Å².